The first-order valence-corrected chi connectivity index (χ1v) is 7.86. The fourth-order valence-corrected chi connectivity index (χ4v) is 4.96. The van der Waals surface area contributed by atoms with Crippen molar-refractivity contribution >= 4 is 10.8 Å². The van der Waals surface area contributed by atoms with Crippen LogP contribution in [0.15, 0.2) is 36.4 Å². The van der Waals surface area contributed by atoms with Gasteiger partial charge in [-0.05, 0) is 52.0 Å². The molecule has 19 heavy (non-hydrogen) atoms. The molecule has 0 heterocycles. The first kappa shape index (κ1) is 11.5. The lowest BCUT2D eigenvalue weighted by Gasteiger charge is -2.20. The molecule has 0 heteroatoms. The van der Waals surface area contributed by atoms with Crippen molar-refractivity contribution in [3.8, 4) is 0 Å². The molecule has 0 spiro atoms. The molecule has 0 radical (unpaired) electrons. The quantitative estimate of drug-likeness (QED) is 0.662. The van der Waals surface area contributed by atoms with Crippen LogP contribution in [-0.2, 0) is 0 Å². The third-order valence-corrected chi connectivity index (χ3v) is 5.74. The minimum atomic E-state index is 0.802. The average Bonchev–Trinajstić information content (AvgIpc) is 2.98. The molecule has 1 fully saturated rings. The molecule has 0 aromatic heterocycles. The Morgan fingerprint density at radius 2 is 1.37 bits per heavy atom. The Morgan fingerprint density at radius 3 is 1.84 bits per heavy atom. The smallest absolute Gasteiger partial charge is 0.00556 e. The predicted molar refractivity (Wildman–Crippen MR) is 81.6 cm³/mol. The summed E-state index contributed by atoms with van der Waals surface area (Å²) in [6, 6.07) is 13.9. The van der Waals surface area contributed by atoms with E-state index >= 15 is 0 Å². The molecule has 2 aromatic rings. The Kier molecular flexibility index (Phi) is 2.48. The Balaban J connectivity index is 1.98. The monoisotopic (exact) mass is 250 g/mol. The second-order valence-corrected chi connectivity index (χ2v) is 6.42. The van der Waals surface area contributed by atoms with Crippen molar-refractivity contribution in [2.45, 2.75) is 44.9 Å². The van der Waals surface area contributed by atoms with Gasteiger partial charge in [0.25, 0.3) is 0 Å². The van der Waals surface area contributed by atoms with Crippen LogP contribution in [0.25, 0.3) is 10.8 Å². The highest BCUT2D eigenvalue weighted by molar-refractivity contribution is 5.92. The third kappa shape index (κ3) is 1.40. The predicted octanol–water partition coefficient (Wildman–Crippen LogP) is 5.48. The van der Waals surface area contributed by atoms with Gasteiger partial charge < -0.3 is 0 Å². The van der Waals surface area contributed by atoms with Crippen LogP contribution in [0.3, 0.4) is 0 Å². The van der Waals surface area contributed by atoms with Crippen LogP contribution >= 0.6 is 0 Å². The molecule has 0 saturated heterocycles. The van der Waals surface area contributed by atoms with Gasteiger partial charge in [-0.1, -0.05) is 63.1 Å². The van der Waals surface area contributed by atoms with Crippen LogP contribution in [0.5, 0.6) is 0 Å². The van der Waals surface area contributed by atoms with E-state index < -0.39 is 0 Å². The van der Waals surface area contributed by atoms with E-state index in [4.69, 9.17) is 0 Å². The molecule has 2 aliphatic rings. The first-order valence-electron chi connectivity index (χ1n) is 7.86. The number of fused-ring (bicyclic) bond motifs is 3. The highest BCUT2D eigenvalue weighted by Crippen LogP contribution is 2.61. The standard InChI is InChI=1S/C19H22/c1-3-12-11-13(4-2)19-16-10-6-8-14-7-5-9-15(17(14)16)18(12)19/h5-10,12-13,18-19H,3-4,11H2,1-2H3. The van der Waals surface area contributed by atoms with Crippen LogP contribution < -0.4 is 0 Å². The van der Waals surface area contributed by atoms with Gasteiger partial charge in [-0.2, -0.15) is 0 Å². The summed E-state index contributed by atoms with van der Waals surface area (Å²) < 4.78 is 0. The Labute approximate surface area is 115 Å². The molecular formula is C19H22. The van der Waals surface area contributed by atoms with E-state index in [1.807, 2.05) is 0 Å². The lowest BCUT2D eigenvalue weighted by molar-refractivity contribution is 0.452. The first-order chi connectivity index (χ1) is 9.35. The van der Waals surface area contributed by atoms with Gasteiger partial charge in [-0.15, -0.1) is 0 Å². The van der Waals surface area contributed by atoms with E-state index in [2.05, 4.69) is 50.2 Å². The number of hydrogen-bond donors (Lipinski definition) is 0. The molecule has 0 nitrogen and oxygen atoms in total. The van der Waals surface area contributed by atoms with Crippen molar-refractivity contribution in [2.24, 2.45) is 11.8 Å². The van der Waals surface area contributed by atoms with Gasteiger partial charge in [0, 0.05) is 0 Å². The van der Waals surface area contributed by atoms with Crippen molar-refractivity contribution in [1.82, 2.24) is 0 Å². The largest absolute Gasteiger partial charge is 0.0651 e. The summed E-state index contributed by atoms with van der Waals surface area (Å²) in [5, 5.41) is 3.05. The van der Waals surface area contributed by atoms with Gasteiger partial charge in [-0.3, -0.25) is 0 Å². The SMILES string of the molecule is CCC1CC(CC)C2c3cccc4cccc(c34)C12. The van der Waals surface area contributed by atoms with Crippen molar-refractivity contribution < 1.29 is 0 Å². The van der Waals surface area contributed by atoms with E-state index in [9.17, 15) is 0 Å². The molecule has 0 bridgehead atoms. The van der Waals surface area contributed by atoms with E-state index in [1.54, 1.807) is 16.5 Å². The molecule has 0 amide bonds. The molecule has 4 atom stereocenters. The van der Waals surface area contributed by atoms with Gasteiger partial charge in [0.2, 0.25) is 0 Å². The zero-order valence-corrected chi connectivity index (χ0v) is 11.9. The Hall–Kier alpha value is -1.30. The summed E-state index contributed by atoms with van der Waals surface area (Å²) in [7, 11) is 0. The van der Waals surface area contributed by atoms with Crippen molar-refractivity contribution in [1.29, 1.82) is 0 Å². The molecule has 1 saturated carbocycles. The maximum Gasteiger partial charge on any atom is -0.00556 e. The molecule has 0 aliphatic heterocycles. The maximum absolute atomic E-state index is 2.40. The zero-order valence-electron chi connectivity index (χ0n) is 11.9. The maximum atomic E-state index is 2.40. The highest BCUT2D eigenvalue weighted by atomic mass is 14.5. The summed E-state index contributed by atoms with van der Waals surface area (Å²) in [6.45, 7) is 4.76. The fourth-order valence-electron chi connectivity index (χ4n) is 4.96. The van der Waals surface area contributed by atoms with E-state index in [-0.39, 0.29) is 0 Å². The Morgan fingerprint density at radius 1 is 0.842 bits per heavy atom. The minimum absolute atomic E-state index is 0.802. The lowest BCUT2D eigenvalue weighted by Crippen LogP contribution is -2.08. The van der Waals surface area contributed by atoms with Crippen LogP contribution in [0.1, 0.15) is 56.1 Å². The van der Waals surface area contributed by atoms with Gasteiger partial charge in [0.15, 0.2) is 0 Å². The number of rotatable bonds is 2. The van der Waals surface area contributed by atoms with Crippen LogP contribution in [0, 0.1) is 11.8 Å². The highest BCUT2D eigenvalue weighted by Gasteiger charge is 2.47. The van der Waals surface area contributed by atoms with Crippen molar-refractivity contribution in [2.75, 3.05) is 0 Å². The van der Waals surface area contributed by atoms with Crippen molar-refractivity contribution in [3.05, 3.63) is 47.5 Å². The normalized spacial score (nSPS) is 31.9. The fraction of sp³-hybridized carbons (Fsp3) is 0.474. The summed E-state index contributed by atoms with van der Waals surface area (Å²) in [5.41, 5.74) is 3.31. The minimum Gasteiger partial charge on any atom is -0.0651 e. The third-order valence-electron chi connectivity index (χ3n) is 5.74. The summed E-state index contributed by atoms with van der Waals surface area (Å²) in [4.78, 5) is 0. The topological polar surface area (TPSA) is 0 Å². The number of hydrogen-bond acceptors (Lipinski definition) is 0. The van der Waals surface area contributed by atoms with Crippen LogP contribution in [-0.4, -0.2) is 0 Å². The molecule has 98 valence electrons. The van der Waals surface area contributed by atoms with Crippen molar-refractivity contribution in [3.63, 3.8) is 0 Å². The van der Waals surface area contributed by atoms with Gasteiger partial charge in [0.1, 0.15) is 0 Å². The molecule has 0 N–H and O–H groups in total. The van der Waals surface area contributed by atoms with Gasteiger partial charge in [0.05, 0.1) is 0 Å². The van der Waals surface area contributed by atoms with Crippen LogP contribution in [0.2, 0.25) is 0 Å². The lowest BCUT2D eigenvalue weighted by atomic mass is 9.83. The summed E-state index contributed by atoms with van der Waals surface area (Å²) >= 11 is 0. The second kappa shape index (κ2) is 4.10. The van der Waals surface area contributed by atoms with E-state index in [1.165, 1.54) is 24.6 Å². The molecule has 2 aromatic carbocycles. The molecular weight excluding hydrogens is 228 g/mol. The average molecular weight is 250 g/mol. The summed E-state index contributed by atoms with van der Waals surface area (Å²) in [5.74, 6) is 3.40. The second-order valence-electron chi connectivity index (χ2n) is 6.42. The Bertz CT molecular complexity index is 574. The zero-order chi connectivity index (χ0) is 13.0. The number of benzene rings is 2. The van der Waals surface area contributed by atoms with Crippen LogP contribution in [0.4, 0.5) is 0 Å². The molecule has 4 rings (SSSR count). The van der Waals surface area contributed by atoms with Gasteiger partial charge in [-0.25, -0.2) is 0 Å². The molecule has 4 unspecified atom stereocenters. The molecule has 2 aliphatic carbocycles. The summed E-state index contributed by atoms with van der Waals surface area (Å²) in [6.07, 6.45) is 4.11. The van der Waals surface area contributed by atoms with Gasteiger partial charge >= 0.3 is 0 Å². The van der Waals surface area contributed by atoms with E-state index in [0.717, 1.165) is 23.7 Å². The van der Waals surface area contributed by atoms with E-state index in [0.29, 0.717) is 0 Å².